The van der Waals surface area contributed by atoms with Crippen molar-refractivity contribution < 1.29 is 18.7 Å². The molecule has 76 valence electrons. The van der Waals surface area contributed by atoms with Gasteiger partial charge in [0.15, 0.2) is 0 Å². The normalized spacial score (nSPS) is 10.6. The third-order valence-electron chi connectivity index (χ3n) is 1.44. The van der Waals surface area contributed by atoms with Crippen molar-refractivity contribution in [1.82, 2.24) is 4.98 Å². The number of alkyl halides is 2. The third-order valence-corrected chi connectivity index (χ3v) is 2.07. The predicted molar refractivity (Wildman–Crippen MR) is 48.3 cm³/mol. The Morgan fingerprint density at radius 3 is 2.64 bits per heavy atom. The Hall–Kier alpha value is -1.24. The van der Waals surface area contributed by atoms with Crippen LogP contribution in [0.15, 0.2) is 10.5 Å². The van der Waals surface area contributed by atoms with Gasteiger partial charge in [0.1, 0.15) is 17.1 Å². The lowest BCUT2D eigenvalue weighted by Crippen LogP contribution is -2.08. The molecule has 4 nitrogen and oxygen atoms in total. The van der Waals surface area contributed by atoms with Crippen molar-refractivity contribution in [1.29, 1.82) is 0 Å². The molecule has 0 atom stereocenters. The molecule has 0 radical (unpaired) electrons. The van der Waals surface area contributed by atoms with E-state index < -0.39 is 23.7 Å². The van der Waals surface area contributed by atoms with Gasteiger partial charge in [0.25, 0.3) is 6.43 Å². The van der Waals surface area contributed by atoms with E-state index in [0.29, 0.717) is 0 Å². The summed E-state index contributed by atoms with van der Waals surface area (Å²) < 4.78 is 24.7. The number of carbonyl (C=O) groups is 1. The fraction of sp³-hybridized carbons (Fsp3) is 0.143. The van der Waals surface area contributed by atoms with Gasteiger partial charge in [0.2, 0.25) is 0 Å². The Bertz CT molecular complexity index is 384. The molecule has 3 N–H and O–H groups in total. The quantitative estimate of drug-likeness (QED) is 0.859. The molecule has 0 aromatic carbocycles. The monoisotopic (exact) mass is 266 g/mol. The van der Waals surface area contributed by atoms with Gasteiger partial charge in [-0.2, -0.15) is 0 Å². The van der Waals surface area contributed by atoms with Crippen LogP contribution in [0, 0.1) is 0 Å². The molecule has 7 heteroatoms. The minimum absolute atomic E-state index is 0.00667. The molecule has 1 heterocycles. The molecule has 0 spiro atoms. The van der Waals surface area contributed by atoms with Gasteiger partial charge in [0, 0.05) is 4.47 Å². The topological polar surface area (TPSA) is 76.2 Å². The van der Waals surface area contributed by atoms with Crippen LogP contribution in [-0.4, -0.2) is 16.1 Å². The number of nitrogens with zero attached hydrogens (tertiary/aromatic N) is 1. The summed E-state index contributed by atoms with van der Waals surface area (Å²) in [6.45, 7) is 0. The fourth-order valence-electron chi connectivity index (χ4n) is 0.921. The number of aromatic nitrogens is 1. The molecule has 0 bridgehead atoms. The number of halogens is 3. The molecular formula is C7H5BrF2N2O2. The molecule has 0 saturated heterocycles. The lowest BCUT2D eigenvalue weighted by molar-refractivity contribution is 0.0681. The number of rotatable bonds is 2. The van der Waals surface area contributed by atoms with Crippen LogP contribution in [0.25, 0.3) is 0 Å². The van der Waals surface area contributed by atoms with E-state index in [2.05, 4.69) is 20.9 Å². The maximum Gasteiger partial charge on any atom is 0.338 e. The van der Waals surface area contributed by atoms with Crippen LogP contribution in [0.4, 0.5) is 14.6 Å². The van der Waals surface area contributed by atoms with E-state index in [9.17, 15) is 13.6 Å². The molecule has 0 amide bonds. The smallest absolute Gasteiger partial charge is 0.338 e. The first-order chi connectivity index (χ1) is 6.43. The Morgan fingerprint density at radius 1 is 1.64 bits per heavy atom. The highest BCUT2D eigenvalue weighted by Crippen LogP contribution is 2.28. The molecule has 0 saturated carbocycles. The van der Waals surface area contributed by atoms with E-state index in [1.165, 1.54) is 0 Å². The molecule has 1 aromatic heterocycles. The van der Waals surface area contributed by atoms with Gasteiger partial charge in [0.05, 0.1) is 0 Å². The molecule has 0 unspecified atom stereocenters. The number of carboxylic acids is 1. The van der Waals surface area contributed by atoms with Crippen molar-refractivity contribution in [2.45, 2.75) is 6.43 Å². The van der Waals surface area contributed by atoms with Crippen molar-refractivity contribution >= 4 is 27.7 Å². The first-order valence-corrected chi connectivity index (χ1v) is 4.20. The lowest BCUT2D eigenvalue weighted by atomic mass is 10.2. The second kappa shape index (κ2) is 3.87. The van der Waals surface area contributed by atoms with Crippen LogP contribution in [0.1, 0.15) is 22.5 Å². The van der Waals surface area contributed by atoms with E-state index in [1.807, 2.05) is 0 Å². The average molecular weight is 267 g/mol. The summed E-state index contributed by atoms with van der Waals surface area (Å²) in [6, 6.07) is 1.16. The maximum atomic E-state index is 12.3. The first kappa shape index (κ1) is 10.8. The standard InChI is InChI=1S/C7H5BrF2N2O2/c8-2-1-3(11)12-5(6(9)10)4(2)7(13)14/h1,6H,(H2,11,12)(H,13,14). The molecule has 0 aliphatic rings. The van der Waals surface area contributed by atoms with Gasteiger partial charge >= 0.3 is 5.97 Å². The van der Waals surface area contributed by atoms with E-state index >= 15 is 0 Å². The second-order valence-corrected chi connectivity index (χ2v) is 3.25. The van der Waals surface area contributed by atoms with Crippen molar-refractivity contribution in [3.05, 3.63) is 21.8 Å². The Labute approximate surface area is 85.9 Å². The lowest BCUT2D eigenvalue weighted by Gasteiger charge is -2.06. The molecule has 1 aromatic rings. The fourth-order valence-corrected chi connectivity index (χ4v) is 1.53. The SMILES string of the molecule is Nc1cc(Br)c(C(=O)O)c(C(F)F)n1. The Balaban J connectivity index is 3.44. The highest BCUT2D eigenvalue weighted by Gasteiger charge is 2.23. The van der Waals surface area contributed by atoms with Crippen molar-refractivity contribution in [3.8, 4) is 0 Å². The Kier molecular flexibility index (Phi) is 3.00. The number of aromatic carboxylic acids is 1. The van der Waals surface area contributed by atoms with Gasteiger partial charge in [-0.1, -0.05) is 0 Å². The van der Waals surface area contributed by atoms with Crippen LogP contribution in [0.5, 0.6) is 0 Å². The number of pyridine rings is 1. The number of nitrogen functional groups attached to an aromatic ring is 1. The van der Waals surface area contributed by atoms with E-state index in [-0.39, 0.29) is 10.3 Å². The van der Waals surface area contributed by atoms with E-state index in [0.717, 1.165) is 6.07 Å². The first-order valence-electron chi connectivity index (χ1n) is 3.41. The summed E-state index contributed by atoms with van der Waals surface area (Å²) in [4.78, 5) is 13.9. The van der Waals surface area contributed by atoms with Gasteiger partial charge in [-0.3, -0.25) is 0 Å². The molecule has 14 heavy (non-hydrogen) atoms. The summed E-state index contributed by atoms with van der Waals surface area (Å²) in [7, 11) is 0. The minimum Gasteiger partial charge on any atom is -0.478 e. The number of carboxylic acid groups (broad SMARTS) is 1. The average Bonchev–Trinajstić information content (AvgIpc) is 2.01. The number of nitrogens with two attached hydrogens (primary N) is 1. The number of anilines is 1. The molecule has 0 fully saturated rings. The van der Waals surface area contributed by atoms with Crippen LogP contribution in [0.3, 0.4) is 0 Å². The minimum atomic E-state index is -2.97. The molecule has 0 aliphatic carbocycles. The summed E-state index contributed by atoms with van der Waals surface area (Å²) in [5.41, 5.74) is 3.81. The van der Waals surface area contributed by atoms with Gasteiger partial charge in [-0.15, -0.1) is 0 Å². The molecular weight excluding hydrogens is 262 g/mol. The summed E-state index contributed by atoms with van der Waals surface area (Å²) in [5.74, 6) is -1.63. The van der Waals surface area contributed by atoms with Crippen LogP contribution >= 0.6 is 15.9 Å². The predicted octanol–water partition coefficient (Wildman–Crippen LogP) is 2.06. The molecule has 0 aliphatic heterocycles. The largest absolute Gasteiger partial charge is 0.478 e. The van der Waals surface area contributed by atoms with E-state index in [4.69, 9.17) is 10.8 Å². The van der Waals surface area contributed by atoms with Gasteiger partial charge in [-0.05, 0) is 22.0 Å². The third kappa shape index (κ3) is 1.98. The highest BCUT2D eigenvalue weighted by atomic mass is 79.9. The zero-order chi connectivity index (χ0) is 10.9. The van der Waals surface area contributed by atoms with Crippen molar-refractivity contribution in [2.24, 2.45) is 0 Å². The number of hydrogen-bond acceptors (Lipinski definition) is 3. The van der Waals surface area contributed by atoms with Gasteiger partial charge < -0.3 is 10.8 Å². The molecule has 1 rings (SSSR count). The van der Waals surface area contributed by atoms with Crippen molar-refractivity contribution in [2.75, 3.05) is 5.73 Å². The van der Waals surface area contributed by atoms with Crippen LogP contribution in [-0.2, 0) is 0 Å². The Morgan fingerprint density at radius 2 is 2.21 bits per heavy atom. The van der Waals surface area contributed by atoms with Crippen molar-refractivity contribution in [3.63, 3.8) is 0 Å². The second-order valence-electron chi connectivity index (χ2n) is 2.40. The summed E-state index contributed by atoms with van der Waals surface area (Å²) in [6.07, 6.45) is -2.97. The number of hydrogen-bond donors (Lipinski definition) is 2. The van der Waals surface area contributed by atoms with Gasteiger partial charge in [-0.25, -0.2) is 18.6 Å². The zero-order valence-electron chi connectivity index (χ0n) is 6.67. The van der Waals surface area contributed by atoms with Crippen LogP contribution < -0.4 is 5.73 Å². The zero-order valence-corrected chi connectivity index (χ0v) is 8.25. The maximum absolute atomic E-state index is 12.3. The van der Waals surface area contributed by atoms with Crippen LogP contribution in [0.2, 0.25) is 0 Å². The highest BCUT2D eigenvalue weighted by molar-refractivity contribution is 9.10. The summed E-state index contributed by atoms with van der Waals surface area (Å²) >= 11 is 2.83. The summed E-state index contributed by atoms with van der Waals surface area (Å²) in [5, 5.41) is 8.64. The van der Waals surface area contributed by atoms with E-state index in [1.54, 1.807) is 0 Å².